The van der Waals surface area contributed by atoms with E-state index in [2.05, 4.69) is 38.2 Å². The predicted octanol–water partition coefficient (Wildman–Crippen LogP) is 16.7. The van der Waals surface area contributed by atoms with Gasteiger partial charge in [-0.15, -0.1) is 0 Å². The summed E-state index contributed by atoms with van der Waals surface area (Å²) in [7, 11) is 1.68. The molecule has 0 aromatic rings. The van der Waals surface area contributed by atoms with Crippen molar-refractivity contribution in [1.29, 1.82) is 0 Å². The molecule has 0 bridgehead atoms. The van der Waals surface area contributed by atoms with Crippen LogP contribution < -0.4 is 0 Å². The van der Waals surface area contributed by atoms with Gasteiger partial charge in [0.05, 0.1) is 34.4 Å². The fraction of sp³-hybridized carbons (Fsp3) is 0.907. The van der Waals surface area contributed by atoms with Crippen LogP contribution in [0.5, 0.6) is 0 Å². The largest absolute Gasteiger partial charge is 0.472 e. The minimum absolute atomic E-state index is 0.0906. The molecule has 0 aromatic heterocycles. The van der Waals surface area contributed by atoms with Gasteiger partial charge in [-0.1, -0.05) is 231 Å². The Labute approximate surface area is 392 Å². The Balaban J connectivity index is 4.09. The third kappa shape index (κ3) is 51.8. The monoisotopic (exact) mass is 913 g/mol. The average Bonchev–Trinajstić information content (AvgIpc) is 3.24. The van der Waals surface area contributed by atoms with Gasteiger partial charge in [-0.2, -0.15) is 0 Å². The lowest BCUT2D eigenvalue weighted by molar-refractivity contribution is -0.870. The van der Waals surface area contributed by atoms with E-state index in [1.165, 1.54) is 199 Å². The van der Waals surface area contributed by atoms with Crippen molar-refractivity contribution in [3.8, 4) is 0 Å². The zero-order valence-corrected chi connectivity index (χ0v) is 43.5. The number of allylic oxidation sites excluding steroid dienone is 4. The van der Waals surface area contributed by atoms with Gasteiger partial charge >= 0.3 is 13.8 Å². The molecule has 2 unspecified atom stereocenters. The molecule has 63 heavy (non-hydrogen) atoms. The van der Waals surface area contributed by atoms with Crippen molar-refractivity contribution < 1.29 is 37.3 Å². The number of esters is 1. The van der Waals surface area contributed by atoms with E-state index < -0.39 is 13.9 Å². The third-order valence-corrected chi connectivity index (χ3v) is 13.0. The molecule has 0 saturated heterocycles. The van der Waals surface area contributed by atoms with Gasteiger partial charge in [-0.25, -0.2) is 4.57 Å². The highest BCUT2D eigenvalue weighted by Gasteiger charge is 2.26. The summed E-state index contributed by atoms with van der Waals surface area (Å²) in [4.78, 5) is 23.0. The number of carbonyl (C=O) groups is 1. The maximum Gasteiger partial charge on any atom is 0.472 e. The number of unbranched alkanes of at least 4 members (excludes halogenated alkanes) is 33. The Bertz CT molecular complexity index is 1060. The van der Waals surface area contributed by atoms with Gasteiger partial charge in [-0.3, -0.25) is 13.8 Å². The van der Waals surface area contributed by atoms with Crippen molar-refractivity contribution in [2.24, 2.45) is 0 Å². The second-order valence-corrected chi connectivity index (χ2v) is 21.1. The quantitative estimate of drug-likeness (QED) is 0.0214. The molecular formula is C54H107NO7P+. The van der Waals surface area contributed by atoms with Crippen molar-refractivity contribution in [3.05, 3.63) is 24.3 Å². The predicted molar refractivity (Wildman–Crippen MR) is 270 cm³/mol. The average molecular weight is 913 g/mol. The Morgan fingerprint density at radius 1 is 0.492 bits per heavy atom. The lowest BCUT2D eigenvalue weighted by atomic mass is 10.0. The molecule has 0 spiro atoms. The molecule has 0 aliphatic heterocycles. The number of hydrogen-bond donors (Lipinski definition) is 1. The molecule has 0 aromatic carbocycles. The molecule has 0 aliphatic carbocycles. The third-order valence-electron chi connectivity index (χ3n) is 12.0. The lowest BCUT2D eigenvalue weighted by Crippen LogP contribution is -2.37. The number of hydrogen-bond acceptors (Lipinski definition) is 6. The van der Waals surface area contributed by atoms with E-state index in [9.17, 15) is 14.3 Å². The van der Waals surface area contributed by atoms with Crippen LogP contribution in [0.15, 0.2) is 24.3 Å². The molecule has 1 N–H and O–H groups in total. The Kier molecular flexibility index (Phi) is 46.7. The smallest absolute Gasteiger partial charge is 0.457 e. The number of phosphoric ester groups is 1. The number of rotatable bonds is 51. The van der Waals surface area contributed by atoms with Crippen molar-refractivity contribution in [3.63, 3.8) is 0 Å². The van der Waals surface area contributed by atoms with Gasteiger partial charge in [0.2, 0.25) is 0 Å². The molecule has 0 fully saturated rings. The van der Waals surface area contributed by atoms with E-state index in [4.69, 9.17) is 18.5 Å². The topological polar surface area (TPSA) is 91.3 Å². The maximum atomic E-state index is 12.8. The van der Waals surface area contributed by atoms with Gasteiger partial charge in [-0.05, 0) is 44.9 Å². The lowest BCUT2D eigenvalue weighted by Gasteiger charge is -2.24. The zero-order valence-electron chi connectivity index (χ0n) is 42.6. The van der Waals surface area contributed by atoms with Crippen LogP contribution in [0, 0.1) is 0 Å². The summed E-state index contributed by atoms with van der Waals surface area (Å²) in [6.07, 6.45) is 56.5. The summed E-state index contributed by atoms with van der Waals surface area (Å²) < 4.78 is 35.2. The minimum Gasteiger partial charge on any atom is -0.457 e. The van der Waals surface area contributed by atoms with E-state index in [0.29, 0.717) is 24.1 Å². The normalized spacial score (nSPS) is 13.7. The van der Waals surface area contributed by atoms with Crippen LogP contribution in [0.4, 0.5) is 0 Å². The molecule has 0 rings (SSSR count). The first-order valence-electron chi connectivity index (χ1n) is 27.1. The number of carbonyl (C=O) groups excluding carboxylic acids is 1. The highest BCUT2D eigenvalue weighted by molar-refractivity contribution is 7.47. The van der Waals surface area contributed by atoms with Crippen LogP contribution in [0.2, 0.25) is 0 Å². The van der Waals surface area contributed by atoms with E-state index in [-0.39, 0.29) is 25.8 Å². The molecule has 0 radical (unpaired) electrons. The van der Waals surface area contributed by atoms with Crippen molar-refractivity contribution in [2.45, 2.75) is 264 Å². The second-order valence-electron chi connectivity index (χ2n) is 19.6. The summed E-state index contributed by atoms with van der Waals surface area (Å²) >= 11 is 0. The second kappa shape index (κ2) is 47.5. The number of quaternary nitrogens is 1. The van der Waals surface area contributed by atoms with Crippen LogP contribution in [0.1, 0.15) is 258 Å². The van der Waals surface area contributed by atoms with Crippen LogP contribution >= 0.6 is 7.82 Å². The Hall–Kier alpha value is -1.02. The summed E-state index contributed by atoms with van der Waals surface area (Å²) in [5.41, 5.74) is 0. The van der Waals surface area contributed by atoms with Gasteiger partial charge in [0.25, 0.3) is 0 Å². The number of ether oxygens (including phenoxy) is 2. The van der Waals surface area contributed by atoms with E-state index >= 15 is 0 Å². The number of phosphoric acid groups is 1. The van der Waals surface area contributed by atoms with E-state index in [1.807, 2.05) is 21.1 Å². The number of nitrogens with zero attached hydrogens (tertiary/aromatic N) is 1. The first-order chi connectivity index (χ1) is 30.6. The van der Waals surface area contributed by atoms with E-state index in [1.54, 1.807) is 0 Å². The molecule has 8 nitrogen and oxygen atoms in total. The molecule has 9 heteroatoms. The van der Waals surface area contributed by atoms with Crippen molar-refractivity contribution in [2.75, 3.05) is 54.1 Å². The molecule has 0 amide bonds. The first-order valence-corrected chi connectivity index (χ1v) is 28.6. The molecule has 0 aliphatic rings. The first kappa shape index (κ1) is 62.0. The summed E-state index contributed by atoms with van der Waals surface area (Å²) in [6, 6.07) is 0. The zero-order chi connectivity index (χ0) is 46.2. The van der Waals surface area contributed by atoms with Gasteiger partial charge in [0.15, 0.2) is 0 Å². The molecule has 0 saturated carbocycles. The van der Waals surface area contributed by atoms with Crippen LogP contribution in [0.3, 0.4) is 0 Å². The SMILES string of the molecule is CCCCCCC/C=C\C/C=C\CCCCCCCCCCCCOCC(COP(=O)(O)OCC[N+](C)(C)C)OC(=O)CCCCCCCCCCCCCCCCCCCCC. The Morgan fingerprint density at radius 2 is 0.873 bits per heavy atom. The summed E-state index contributed by atoms with van der Waals surface area (Å²) in [5.74, 6) is -0.309. The Morgan fingerprint density at radius 3 is 1.29 bits per heavy atom. The van der Waals surface area contributed by atoms with Gasteiger partial charge < -0.3 is 18.9 Å². The minimum atomic E-state index is -4.28. The fourth-order valence-electron chi connectivity index (χ4n) is 7.82. The number of likely N-dealkylation sites (N-methyl/N-ethyl adjacent to an activating group) is 1. The van der Waals surface area contributed by atoms with Crippen LogP contribution in [-0.4, -0.2) is 75.6 Å². The van der Waals surface area contributed by atoms with Gasteiger partial charge in [0, 0.05) is 13.0 Å². The summed E-state index contributed by atoms with van der Waals surface area (Å²) in [5, 5.41) is 0. The highest BCUT2D eigenvalue weighted by atomic mass is 31.2. The van der Waals surface area contributed by atoms with Gasteiger partial charge in [0.1, 0.15) is 19.3 Å². The van der Waals surface area contributed by atoms with Crippen molar-refractivity contribution in [1.82, 2.24) is 0 Å². The maximum absolute atomic E-state index is 12.8. The molecule has 0 heterocycles. The van der Waals surface area contributed by atoms with Crippen LogP contribution in [0.25, 0.3) is 0 Å². The van der Waals surface area contributed by atoms with Crippen molar-refractivity contribution >= 4 is 13.8 Å². The molecule has 2 atom stereocenters. The fourth-order valence-corrected chi connectivity index (χ4v) is 8.56. The molecule has 374 valence electrons. The van der Waals surface area contributed by atoms with E-state index in [0.717, 1.165) is 38.5 Å². The highest BCUT2D eigenvalue weighted by Crippen LogP contribution is 2.43. The van der Waals surface area contributed by atoms with Crippen LogP contribution in [-0.2, 0) is 27.9 Å². The standard InChI is InChI=1S/C54H106NO7P/c1-6-8-10-12-14-16-18-20-22-24-26-27-28-30-32-34-36-38-40-42-44-46-49-59-51-53(52-61-63(57,58)60-50-48-55(3,4)5)62-54(56)47-45-43-41-39-37-35-33-31-29-25-23-21-19-17-15-13-11-9-7-2/h18,20,24,26,53H,6-17,19,21-23,25,27-52H2,1-5H3/p+1/b20-18-,26-24-. The molecular weight excluding hydrogens is 806 g/mol. The summed E-state index contributed by atoms with van der Waals surface area (Å²) in [6.45, 7) is 5.66.